The van der Waals surface area contributed by atoms with Crippen molar-refractivity contribution in [2.75, 3.05) is 20.1 Å². The molecule has 2 heterocycles. The Kier molecular flexibility index (Phi) is 4.94. The molecule has 1 saturated heterocycles. The minimum absolute atomic E-state index is 0.618. The highest BCUT2D eigenvalue weighted by molar-refractivity contribution is 5.05. The van der Waals surface area contributed by atoms with Gasteiger partial charge in [0.15, 0.2) is 0 Å². The van der Waals surface area contributed by atoms with E-state index in [1.165, 1.54) is 31.5 Å². The summed E-state index contributed by atoms with van der Waals surface area (Å²) in [6.45, 7) is 9.34. The first-order valence-electron chi connectivity index (χ1n) is 6.05. The van der Waals surface area contributed by atoms with Gasteiger partial charge < -0.3 is 4.90 Å². The maximum absolute atomic E-state index is 3.85. The predicted molar refractivity (Wildman–Crippen MR) is 69.5 cm³/mol. The van der Waals surface area contributed by atoms with Gasteiger partial charge in [-0.2, -0.15) is 0 Å². The molecule has 0 atom stereocenters. The van der Waals surface area contributed by atoms with E-state index in [4.69, 9.17) is 0 Å². The van der Waals surface area contributed by atoms with Crippen LogP contribution < -0.4 is 0 Å². The number of hydrogen-bond acceptors (Lipinski definition) is 2. The number of likely N-dealkylation sites (tertiary alicyclic amines) is 1. The molecule has 0 saturated carbocycles. The lowest BCUT2D eigenvalue weighted by Gasteiger charge is -2.34. The molecule has 0 aromatic carbocycles. The molecule has 1 aromatic heterocycles. The van der Waals surface area contributed by atoms with Crippen molar-refractivity contribution < 1.29 is 0 Å². The van der Waals surface area contributed by atoms with Gasteiger partial charge in [0, 0.05) is 12.4 Å². The molecule has 2 nitrogen and oxygen atoms in total. The lowest BCUT2D eigenvalue weighted by Crippen LogP contribution is -2.34. The van der Waals surface area contributed by atoms with Crippen molar-refractivity contribution in [2.24, 2.45) is 5.41 Å². The van der Waals surface area contributed by atoms with Crippen LogP contribution in [0.2, 0.25) is 0 Å². The highest BCUT2D eigenvalue weighted by atomic mass is 15.1. The van der Waals surface area contributed by atoms with Gasteiger partial charge in [-0.25, -0.2) is 0 Å². The monoisotopic (exact) mass is 220 g/mol. The molecule has 0 spiro atoms. The van der Waals surface area contributed by atoms with Crippen LogP contribution in [-0.4, -0.2) is 30.0 Å². The van der Waals surface area contributed by atoms with Gasteiger partial charge in [0.2, 0.25) is 0 Å². The van der Waals surface area contributed by atoms with Crippen molar-refractivity contribution in [2.45, 2.75) is 33.6 Å². The summed E-state index contributed by atoms with van der Waals surface area (Å²) in [5, 5.41) is 0. The molecule has 90 valence electrons. The fraction of sp³-hybridized carbons (Fsp3) is 0.643. The Hall–Kier alpha value is -0.890. The Morgan fingerprint density at radius 2 is 1.62 bits per heavy atom. The van der Waals surface area contributed by atoms with E-state index in [1.54, 1.807) is 12.4 Å². The normalized spacial score (nSPS) is 19.8. The maximum atomic E-state index is 3.85. The minimum atomic E-state index is 0.618. The molecule has 2 heteroatoms. The second-order valence-electron chi connectivity index (χ2n) is 5.49. The van der Waals surface area contributed by atoms with Crippen LogP contribution in [0, 0.1) is 12.3 Å². The van der Waals surface area contributed by atoms with Gasteiger partial charge in [0.25, 0.3) is 0 Å². The first kappa shape index (κ1) is 13.2. The van der Waals surface area contributed by atoms with Crippen LogP contribution in [0.1, 0.15) is 32.3 Å². The Labute approximate surface area is 99.7 Å². The smallest absolute Gasteiger partial charge is 0.0270 e. The fourth-order valence-electron chi connectivity index (χ4n) is 1.65. The highest BCUT2D eigenvalue weighted by Crippen LogP contribution is 2.28. The average Bonchev–Trinajstić information content (AvgIpc) is 2.25. The van der Waals surface area contributed by atoms with E-state index >= 15 is 0 Å². The topological polar surface area (TPSA) is 16.1 Å². The molecule has 0 unspecified atom stereocenters. The number of rotatable bonds is 0. The standard InChI is InChI=1S/C8H17N.C6H7N/c1-8(2)4-6-9(3)7-5-8;1-6-2-4-7-5-3-6/h4-7H2,1-3H3;2-5H,1H3. The number of nitrogens with zero attached hydrogens (tertiary/aromatic N) is 2. The summed E-state index contributed by atoms with van der Waals surface area (Å²) >= 11 is 0. The second-order valence-corrected chi connectivity index (χ2v) is 5.49. The van der Waals surface area contributed by atoms with Crippen LogP contribution in [0.5, 0.6) is 0 Å². The van der Waals surface area contributed by atoms with Gasteiger partial charge in [-0.1, -0.05) is 13.8 Å². The predicted octanol–water partition coefficient (Wildman–Crippen LogP) is 3.13. The zero-order valence-electron chi connectivity index (χ0n) is 11.0. The molecule has 0 aliphatic carbocycles. The van der Waals surface area contributed by atoms with Crippen molar-refractivity contribution in [3.05, 3.63) is 30.1 Å². The summed E-state index contributed by atoms with van der Waals surface area (Å²) in [5.41, 5.74) is 1.88. The van der Waals surface area contributed by atoms with E-state index in [0.717, 1.165) is 0 Å². The summed E-state index contributed by atoms with van der Waals surface area (Å²) in [5.74, 6) is 0. The zero-order valence-corrected chi connectivity index (χ0v) is 11.0. The average molecular weight is 220 g/mol. The molecular weight excluding hydrogens is 196 g/mol. The SMILES string of the molecule is CN1CCC(C)(C)CC1.Cc1ccncc1. The summed E-state index contributed by atoms with van der Waals surface area (Å²) in [4.78, 5) is 6.25. The molecule has 0 bridgehead atoms. The molecular formula is C14H24N2. The van der Waals surface area contributed by atoms with Crippen LogP contribution in [0.15, 0.2) is 24.5 Å². The number of aryl methyl sites for hydroxylation is 1. The molecule has 0 amide bonds. The summed E-state index contributed by atoms with van der Waals surface area (Å²) in [6.07, 6.45) is 6.30. The van der Waals surface area contributed by atoms with Crippen LogP contribution in [0.3, 0.4) is 0 Å². The van der Waals surface area contributed by atoms with Crippen molar-refractivity contribution in [3.8, 4) is 0 Å². The van der Waals surface area contributed by atoms with Gasteiger partial charge in [-0.05, 0) is 63.0 Å². The van der Waals surface area contributed by atoms with E-state index in [2.05, 4.69) is 30.8 Å². The Morgan fingerprint density at radius 1 is 1.12 bits per heavy atom. The van der Waals surface area contributed by atoms with Gasteiger partial charge in [0.1, 0.15) is 0 Å². The molecule has 16 heavy (non-hydrogen) atoms. The number of aromatic nitrogens is 1. The number of piperidine rings is 1. The van der Waals surface area contributed by atoms with Gasteiger partial charge in [0.05, 0.1) is 0 Å². The largest absolute Gasteiger partial charge is 0.306 e. The lowest BCUT2D eigenvalue weighted by atomic mass is 9.83. The summed E-state index contributed by atoms with van der Waals surface area (Å²) in [6, 6.07) is 3.94. The molecule has 2 rings (SSSR count). The van der Waals surface area contributed by atoms with E-state index < -0.39 is 0 Å². The Bertz CT molecular complexity index is 283. The summed E-state index contributed by atoms with van der Waals surface area (Å²) < 4.78 is 0. The van der Waals surface area contributed by atoms with Crippen molar-refractivity contribution >= 4 is 0 Å². The third-order valence-electron chi connectivity index (χ3n) is 3.19. The fourth-order valence-corrected chi connectivity index (χ4v) is 1.65. The molecule has 1 aliphatic rings. The zero-order chi connectivity index (χ0) is 12.0. The van der Waals surface area contributed by atoms with Crippen molar-refractivity contribution in [1.29, 1.82) is 0 Å². The Balaban J connectivity index is 0.000000165. The van der Waals surface area contributed by atoms with E-state index in [-0.39, 0.29) is 0 Å². The van der Waals surface area contributed by atoms with E-state index in [0.29, 0.717) is 5.41 Å². The van der Waals surface area contributed by atoms with E-state index in [9.17, 15) is 0 Å². The maximum Gasteiger partial charge on any atom is 0.0270 e. The molecule has 0 radical (unpaired) electrons. The first-order valence-corrected chi connectivity index (χ1v) is 6.05. The molecule has 1 fully saturated rings. The number of hydrogen-bond donors (Lipinski definition) is 0. The van der Waals surface area contributed by atoms with Crippen LogP contribution >= 0.6 is 0 Å². The molecule has 1 aromatic rings. The Morgan fingerprint density at radius 3 is 1.94 bits per heavy atom. The van der Waals surface area contributed by atoms with Gasteiger partial charge in [-0.15, -0.1) is 0 Å². The lowest BCUT2D eigenvalue weighted by molar-refractivity contribution is 0.157. The highest BCUT2D eigenvalue weighted by Gasteiger charge is 2.22. The number of pyridine rings is 1. The summed E-state index contributed by atoms with van der Waals surface area (Å²) in [7, 11) is 2.20. The second kappa shape index (κ2) is 6.00. The minimum Gasteiger partial charge on any atom is -0.306 e. The van der Waals surface area contributed by atoms with Gasteiger partial charge in [-0.3, -0.25) is 4.98 Å². The van der Waals surface area contributed by atoms with Crippen LogP contribution in [0.25, 0.3) is 0 Å². The third-order valence-corrected chi connectivity index (χ3v) is 3.19. The molecule has 0 N–H and O–H groups in total. The quantitative estimate of drug-likeness (QED) is 0.668. The third kappa shape index (κ3) is 5.26. The van der Waals surface area contributed by atoms with Crippen molar-refractivity contribution in [1.82, 2.24) is 9.88 Å². The first-order chi connectivity index (χ1) is 7.49. The van der Waals surface area contributed by atoms with Gasteiger partial charge >= 0.3 is 0 Å². The van der Waals surface area contributed by atoms with Crippen LogP contribution in [0.4, 0.5) is 0 Å². The van der Waals surface area contributed by atoms with Crippen LogP contribution in [-0.2, 0) is 0 Å². The van der Waals surface area contributed by atoms with E-state index in [1.807, 2.05) is 19.1 Å². The molecule has 1 aliphatic heterocycles. The van der Waals surface area contributed by atoms with Crippen molar-refractivity contribution in [3.63, 3.8) is 0 Å².